The first kappa shape index (κ1) is 18.9. The molecule has 0 saturated heterocycles. The van der Waals surface area contributed by atoms with E-state index in [1.807, 2.05) is 24.3 Å². The average molecular weight is 416 g/mol. The van der Waals surface area contributed by atoms with Gasteiger partial charge in [-0.25, -0.2) is 9.37 Å². The molecule has 0 saturated carbocycles. The number of hydrogen-bond acceptors (Lipinski definition) is 6. The van der Waals surface area contributed by atoms with E-state index < -0.39 is 0 Å². The molecule has 0 aliphatic carbocycles. The summed E-state index contributed by atoms with van der Waals surface area (Å²) in [6.45, 7) is 0.452. The fraction of sp³-hybridized carbons (Fsp3) is 0.136. The maximum Gasteiger partial charge on any atom is 0.283 e. The average Bonchev–Trinajstić information content (AvgIpc) is 3.24. The number of rotatable bonds is 5. The van der Waals surface area contributed by atoms with Crippen molar-refractivity contribution in [2.24, 2.45) is 0 Å². The van der Waals surface area contributed by atoms with Gasteiger partial charge in [-0.1, -0.05) is 24.3 Å². The van der Waals surface area contributed by atoms with Crippen molar-refractivity contribution < 1.29 is 9.13 Å². The van der Waals surface area contributed by atoms with E-state index in [-0.39, 0.29) is 16.9 Å². The number of aromatic nitrogens is 6. The number of nitrogens with zero attached hydrogens (tertiary/aromatic N) is 6. The molecule has 5 rings (SSSR count). The minimum Gasteiger partial charge on any atom is -0.497 e. The third-order valence-corrected chi connectivity index (χ3v) is 5.14. The van der Waals surface area contributed by atoms with E-state index in [0.717, 1.165) is 16.9 Å². The molecule has 3 heterocycles. The van der Waals surface area contributed by atoms with Crippen molar-refractivity contribution in [3.8, 4) is 16.9 Å². The zero-order valence-electron chi connectivity index (χ0n) is 16.6. The predicted octanol–water partition coefficient (Wildman–Crippen LogP) is 2.89. The molecule has 0 N–H and O–H groups in total. The SMILES string of the molecule is COc1ccc(CCn2cnc3c(nnc4c(-c5ccc(F)cc5)cnn43)c2=O)cc1. The third kappa shape index (κ3) is 3.39. The van der Waals surface area contributed by atoms with Crippen LogP contribution in [0.3, 0.4) is 0 Å². The van der Waals surface area contributed by atoms with Gasteiger partial charge in [0.05, 0.1) is 13.3 Å². The largest absolute Gasteiger partial charge is 0.497 e. The highest BCUT2D eigenvalue weighted by atomic mass is 19.1. The quantitative estimate of drug-likeness (QED) is 0.438. The lowest BCUT2D eigenvalue weighted by molar-refractivity contribution is 0.414. The first-order valence-corrected chi connectivity index (χ1v) is 9.62. The minimum absolute atomic E-state index is 0.137. The number of halogens is 1. The van der Waals surface area contributed by atoms with E-state index in [2.05, 4.69) is 20.3 Å². The lowest BCUT2D eigenvalue weighted by Crippen LogP contribution is -2.23. The minimum atomic E-state index is -0.325. The fourth-order valence-electron chi connectivity index (χ4n) is 3.44. The number of methoxy groups -OCH3 is 1. The van der Waals surface area contributed by atoms with E-state index in [4.69, 9.17) is 4.74 Å². The summed E-state index contributed by atoms with van der Waals surface area (Å²) in [4.78, 5) is 17.3. The van der Waals surface area contributed by atoms with Crippen LogP contribution in [0.25, 0.3) is 27.9 Å². The van der Waals surface area contributed by atoms with Crippen LogP contribution in [0.1, 0.15) is 5.56 Å². The normalized spacial score (nSPS) is 11.3. The molecule has 2 aromatic carbocycles. The van der Waals surface area contributed by atoms with E-state index in [1.165, 1.54) is 27.5 Å². The second-order valence-corrected chi connectivity index (χ2v) is 7.01. The Kier molecular flexibility index (Phi) is 4.62. The van der Waals surface area contributed by atoms with Gasteiger partial charge in [-0.15, -0.1) is 10.2 Å². The van der Waals surface area contributed by atoms with Gasteiger partial charge in [0, 0.05) is 12.1 Å². The molecule has 9 heteroatoms. The fourth-order valence-corrected chi connectivity index (χ4v) is 3.44. The maximum atomic E-state index is 13.2. The summed E-state index contributed by atoms with van der Waals surface area (Å²) in [6.07, 6.45) is 3.76. The molecule has 3 aromatic heterocycles. The van der Waals surface area contributed by atoms with Crippen LogP contribution in [0.2, 0.25) is 0 Å². The highest BCUT2D eigenvalue weighted by molar-refractivity contribution is 5.80. The second kappa shape index (κ2) is 7.60. The topological polar surface area (TPSA) is 87.2 Å². The molecule has 0 aliphatic heterocycles. The summed E-state index contributed by atoms with van der Waals surface area (Å²) in [5.74, 6) is 0.459. The van der Waals surface area contributed by atoms with Crippen molar-refractivity contribution in [3.05, 3.63) is 82.8 Å². The number of hydrogen-bond donors (Lipinski definition) is 0. The van der Waals surface area contributed by atoms with E-state index in [0.29, 0.717) is 29.8 Å². The molecule has 8 nitrogen and oxygen atoms in total. The van der Waals surface area contributed by atoms with Gasteiger partial charge in [0.25, 0.3) is 5.56 Å². The Balaban J connectivity index is 1.49. The van der Waals surface area contributed by atoms with Gasteiger partial charge >= 0.3 is 0 Å². The molecule has 0 spiro atoms. The standard InChI is InChI=1S/C22H17FN6O2/c1-31-17-8-2-14(3-9-17)10-11-28-13-24-21-19(22(28)30)26-27-20-18(12-25-29(20)21)15-4-6-16(23)7-5-15/h2-9,12-13H,10-11H2,1H3. The highest BCUT2D eigenvalue weighted by Crippen LogP contribution is 2.24. The summed E-state index contributed by atoms with van der Waals surface area (Å²) >= 11 is 0. The summed E-state index contributed by atoms with van der Waals surface area (Å²) in [7, 11) is 1.62. The summed E-state index contributed by atoms with van der Waals surface area (Å²) < 4.78 is 21.4. The number of aryl methyl sites for hydroxylation is 2. The maximum absolute atomic E-state index is 13.2. The molecule has 0 bridgehead atoms. The molecule has 5 aromatic rings. The Bertz CT molecular complexity index is 1440. The van der Waals surface area contributed by atoms with Crippen molar-refractivity contribution in [3.63, 3.8) is 0 Å². The van der Waals surface area contributed by atoms with Gasteiger partial charge in [-0.05, 0) is 41.8 Å². The lowest BCUT2D eigenvalue weighted by Gasteiger charge is -2.07. The second-order valence-electron chi connectivity index (χ2n) is 7.01. The van der Waals surface area contributed by atoms with E-state index in [9.17, 15) is 9.18 Å². The Morgan fingerprint density at radius 3 is 2.52 bits per heavy atom. The Labute approximate surface area is 175 Å². The van der Waals surface area contributed by atoms with Crippen molar-refractivity contribution in [2.45, 2.75) is 13.0 Å². The Hall–Kier alpha value is -4.14. The first-order chi connectivity index (χ1) is 15.1. The highest BCUT2D eigenvalue weighted by Gasteiger charge is 2.15. The van der Waals surface area contributed by atoms with Crippen molar-refractivity contribution in [1.82, 2.24) is 29.4 Å². The molecular weight excluding hydrogens is 399 g/mol. The first-order valence-electron chi connectivity index (χ1n) is 9.62. The zero-order chi connectivity index (χ0) is 21.4. The molecule has 154 valence electrons. The van der Waals surface area contributed by atoms with Crippen LogP contribution in [-0.2, 0) is 13.0 Å². The molecule has 0 atom stereocenters. The molecule has 0 aliphatic rings. The molecule has 0 fully saturated rings. The van der Waals surface area contributed by atoms with Gasteiger partial charge < -0.3 is 4.74 Å². The summed E-state index contributed by atoms with van der Waals surface area (Å²) in [5.41, 5.74) is 3.12. The smallest absolute Gasteiger partial charge is 0.283 e. The summed E-state index contributed by atoms with van der Waals surface area (Å²) in [5, 5.41) is 12.6. The molecule has 31 heavy (non-hydrogen) atoms. The van der Waals surface area contributed by atoms with Crippen LogP contribution in [0, 0.1) is 5.82 Å². The lowest BCUT2D eigenvalue weighted by atomic mass is 10.1. The van der Waals surface area contributed by atoms with Crippen LogP contribution in [0.4, 0.5) is 4.39 Å². The van der Waals surface area contributed by atoms with Crippen LogP contribution in [0.15, 0.2) is 65.8 Å². The Morgan fingerprint density at radius 2 is 1.77 bits per heavy atom. The van der Waals surface area contributed by atoms with Crippen molar-refractivity contribution >= 4 is 16.8 Å². The zero-order valence-corrected chi connectivity index (χ0v) is 16.6. The van der Waals surface area contributed by atoms with Crippen molar-refractivity contribution in [1.29, 1.82) is 0 Å². The van der Waals surface area contributed by atoms with Crippen LogP contribution < -0.4 is 10.3 Å². The van der Waals surface area contributed by atoms with Crippen LogP contribution in [0.5, 0.6) is 5.75 Å². The Morgan fingerprint density at radius 1 is 1.00 bits per heavy atom. The number of ether oxygens (including phenoxy) is 1. The molecule has 0 radical (unpaired) electrons. The number of fused-ring (bicyclic) bond motifs is 3. The third-order valence-electron chi connectivity index (χ3n) is 5.14. The monoisotopic (exact) mass is 416 g/mol. The molecule has 0 unspecified atom stereocenters. The van der Waals surface area contributed by atoms with E-state index in [1.54, 1.807) is 25.4 Å². The van der Waals surface area contributed by atoms with Gasteiger partial charge in [0.15, 0.2) is 16.8 Å². The van der Waals surface area contributed by atoms with E-state index >= 15 is 0 Å². The van der Waals surface area contributed by atoms with Crippen LogP contribution in [-0.4, -0.2) is 36.5 Å². The molecular formula is C22H17FN6O2. The van der Waals surface area contributed by atoms with Gasteiger partial charge in [0.2, 0.25) is 0 Å². The number of benzene rings is 2. The summed E-state index contributed by atoms with van der Waals surface area (Å²) in [6, 6.07) is 13.7. The predicted molar refractivity (Wildman–Crippen MR) is 112 cm³/mol. The van der Waals surface area contributed by atoms with Gasteiger partial charge in [0.1, 0.15) is 17.9 Å². The molecule has 0 amide bonds. The van der Waals surface area contributed by atoms with Gasteiger partial charge in [-0.2, -0.15) is 9.61 Å². The van der Waals surface area contributed by atoms with Crippen molar-refractivity contribution in [2.75, 3.05) is 7.11 Å². The van der Waals surface area contributed by atoms with Crippen LogP contribution >= 0.6 is 0 Å². The van der Waals surface area contributed by atoms with Gasteiger partial charge in [-0.3, -0.25) is 9.36 Å².